The van der Waals surface area contributed by atoms with Crippen LogP contribution in [0.5, 0.6) is 0 Å². The molecule has 0 aromatic heterocycles. The van der Waals surface area contributed by atoms with E-state index in [1.807, 2.05) is 37.1 Å². The minimum absolute atomic E-state index is 0.215. The molecule has 2 aromatic carbocycles. The maximum Gasteiger partial charge on any atom is 0.123 e. The number of aliphatic imine (C=N–C) groups is 1. The Morgan fingerprint density at radius 1 is 1.32 bits per heavy atom. The van der Waals surface area contributed by atoms with Gasteiger partial charge in [-0.2, -0.15) is 0 Å². The molecule has 0 fully saturated rings. The number of hydrogen-bond donors (Lipinski definition) is 2. The van der Waals surface area contributed by atoms with E-state index in [1.54, 1.807) is 18.2 Å². The molecule has 0 amide bonds. The van der Waals surface area contributed by atoms with Crippen molar-refractivity contribution in [2.75, 3.05) is 7.05 Å². The zero-order valence-electron chi connectivity index (χ0n) is 16.3. The quantitative estimate of drug-likeness (QED) is 0.448. The van der Waals surface area contributed by atoms with Crippen molar-refractivity contribution in [1.82, 2.24) is 10.2 Å². The molecule has 0 radical (unpaired) electrons. The summed E-state index contributed by atoms with van der Waals surface area (Å²) >= 11 is 0. The molecule has 0 saturated carbocycles. The Labute approximate surface area is 165 Å². The van der Waals surface area contributed by atoms with Crippen LogP contribution >= 0.6 is 0 Å². The lowest BCUT2D eigenvalue weighted by molar-refractivity contribution is 0.147. The lowest BCUT2D eigenvalue weighted by atomic mass is 10.1. The number of benzene rings is 2. The molecule has 0 saturated heterocycles. The second-order valence-electron chi connectivity index (χ2n) is 7.15. The van der Waals surface area contributed by atoms with Crippen molar-refractivity contribution in [1.29, 1.82) is 0 Å². The normalized spacial score (nSPS) is 18.5. The lowest BCUT2D eigenvalue weighted by Gasteiger charge is -2.20. The van der Waals surface area contributed by atoms with Gasteiger partial charge in [-0.15, -0.1) is 0 Å². The van der Waals surface area contributed by atoms with Gasteiger partial charge in [0.25, 0.3) is 0 Å². The van der Waals surface area contributed by atoms with Crippen LogP contribution in [0.25, 0.3) is 0 Å². The van der Waals surface area contributed by atoms with Crippen molar-refractivity contribution >= 4 is 11.5 Å². The number of nitrogens with one attached hydrogen (secondary N) is 1. The average Bonchev–Trinajstić information content (AvgIpc) is 2.98. The first-order valence-corrected chi connectivity index (χ1v) is 9.27. The molecule has 1 aliphatic carbocycles. The van der Waals surface area contributed by atoms with Crippen LogP contribution in [0.3, 0.4) is 0 Å². The third-order valence-electron chi connectivity index (χ3n) is 5.04. The minimum atomic E-state index is -0.506. The van der Waals surface area contributed by atoms with Crippen LogP contribution < -0.4 is 5.32 Å². The molecule has 3 rings (SSSR count). The van der Waals surface area contributed by atoms with Crippen LogP contribution in [0.2, 0.25) is 0 Å². The monoisotopic (exact) mass is 379 g/mol. The molecule has 2 atom stereocenters. The fourth-order valence-corrected chi connectivity index (χ4v) is 3.36. The number of amidine groups is 1. The number of halogens is 1. The smallest absolute Gasteiger partial charge is 0.123 e. The Morgan fingerprint density at radius 2 is 2.04 bits per heavy atom. The highest BCUT2D eigenvalue weighted by atomic mass is 19.1. The van der Waals surface area contributed by atoms with E-state index in [2.05, 4.69) is 18.5 Å². The van der Waals surface area contributed by atoms with Crippen LogP contribution in [0.4, 0.5) is 10.1 Å². The van der Waals surface area contributed by atoms with Gasteiger partial charge < -0.3 is 15.3 Å². The molecule has 2 aromatic rings. The molecule has 0 heterocycles. The van der Waals surface area contributed by atoms with Crippen LogP contribution in [0, 0.1) is 5.82 Å². The topological polar surface area (TPSA) is 47.9 Å². The van der Waals surface area contributed by atoms with Crippen molar-refractivity contribution in [3.05, 3.63) is 89.9 Å². The molecule has 1 aliphatic rings. The molecule has 0 bridgehead atoms. The van der Waals surface area contributed by atoms with Gasteiger partial charge in [0.2, 0.25) is 0 Å². The van der Waals surface area contributed by atoms with Crippen LogP contribution in [0.15, 0.2) is 72.4 Å². The van der Waals surface area contributed by atoms with Gasteiger partial charge in [0.1, 0.15) is 11.7 Å². The standard InChI is InChI=1S/C23H26FN3O/c1-5-15(2)25-23-21-13-20(11-8-18(21)12-22(23)28)26-16(3)27(4)14-17-6-9-19(24)10-7-17/h5-11,13,22-23,25,28H,1-2,12,14H2,3-4H3/t22-,23?/m1/s1. The Bertz CT molecular complexity index is 905. The molecule has 0 spiro atoms. The Morgan fingerprint density at radius 3 is 2.71 bits per heavy atom. The minimum Gasteiger partial charge on any atom is -0.390 e. The van der Waals surface area contributed by atoms with E-state index in [4.69, 9.17) is 4.99 Å². The van der Waals surface area contributed by atoms with Crippen molar-refractivity contribution < 1.29 is 9.50 Å². The summed E-state index contributed by atoms with van der Waals surface area (Å²) in [6.45, 7) is 10.2. The van der Waals surface area contributed by atoms with E-state index < -0.39 is 6.10 Å². The molecule has 2 N–H and O–H groups in total. The summed E-state index contributed by atoms with van der Waals surface area (Å²) in [6, 6.07) is 12.3. The summed E-state index contributed by atoms with van der Waals surface area (Å²) in [7, 11) is 1.96. The lowest BCUT2D eigenvalue weighted by Crippen LogP contribution is -2.27. The van der Waals surface area contributed by atoms with E-state index in [0.29, 0.717) is 18.7 Å². The van der Waals surface area contributed by atoms with Crippen molar-refractivity contribution in [3.63, 3.8) is 0 Å². The summed E-state index contributed by atoms with van der Waals surface area (Å²) < 4.78 is 13.1. The fourth-order valence-electron chi connectivity index (χ4n) is 3.36. The summed E-state index contributed by atoms with van der Waals surface area (Å²) in [5.41, 5.74) is 4.67. The van der Waals surface area contributed by atoms with Crippen molar-refractivity contribution in [2.24, 2.45) is 4.99 Å². The Hall–Kier alpha value is -2.92. The van der Waals surface area contributed by atoms with E-state index >= 15 is 0 Å². The Balaban J connectivity index is 1.77. The molecule has 146 valence electrons. The zero-order chi connectivity index (χ0) is 20.3. The first-order valence-electron chi connectivity index (χ1n) is 9.27. The summed E-state index contributed by atoms with van der Waals surface area (Å²) in [5, 5.41) is 13.6. The number of hydrogen-bond acceptors (Lipinski definition) is 3. The van der Waals surface area contributed by atoms with Gasteiger partial charge in [-0.25, -0.2) is 9.38 Å². The van der Waals surface area contributed by atoms with Gasteiger partial charge in [-0.05, 0) is 54.0 Å². The van der Waals surface area contributed by atoms with Crippen LogP contribution in [-0.2, 0) is 13.0 Å². The fraction of sp³-hybridized carbons (Fsp3) is 0.261. The third kappa shape index (κ3) is 4.49. The summed E-state index contributed by atoms with van der Waals surface area (Å²) in [5.74, 6) is 0.613. The second-order valence-corrected chi connectivity index (χ2v) is 7.15. The Kier molecular flexibility index (Phi) is 5.95. The highest BCUT2D eigenvalue weighted by Crippen LogP contribution is 2.35. The maximum atomic E-state index is 13.1. The molecular formula is C23H26FN3O. The van der Waals surface area contributed by atoms with Gasteiger partial charge in [0.15, 0.2) is 0 Å². The maximum absolute atomic E-state index is 13.1. The molecule has 28 heavy (non-hydrogen) atoms. The zero-order valence-corrected chi connectivity index (χ0v) is 16.3. The van der Waals surface area contributed by atoms with Gasteiger partial charge in [-0.3, -0.25) is 0 Å². The second kappa shape index (κ2) is 8.40. The average molecular weight is 379 g/mol. The highest BCUT2D eigenvalue weighted by molar-refractivity contribution is 5.82. The number of fused-ring (bicyclic) bond motifs is 1. The number of allylic oxidation sites excluding steroid dienone is 1. The van der Waals surface area contributed by atoms with Gasteiger partial charge >= 0.3 is 0 Å². The summed E-state index contributed by atoms with van der Waals surface area (Å²) in [6.07, 6.45) is 1.74. The van der Waals surface area contributed by atoms with E-state index in [9.17, 15) is 9.50 Å². The van der Waals surface area contributed by atoms with Crippen LogP contribution in [0.1, 0.15) is 29.7 Å². The number of aliphatic hydroxyl groups is 1. The number of aliphatic hydroxyl groups excluding tert-OH is 1. The van der Waals surface area contributed by atoms with E-state index in [0.717, 1.165) is 28.2 Å². The first kappa shape index (κ1) is 19.8. The van der Waals surface area contributed by atoms with E-state index in [1.165, 1.54) is 12.1 Å². The predicted molar refractivity (Wildman–Crippen MR) is 112 cm³/mol. The third-order valence-corrected chi connectivity index (χ3v) is 5.04. The molecule has 0 aliphatic heterocycles. The van der Waals surface area contributed by atoms with E-state index in [-0.39, 0.29) is 11.9 Å². The SMILES string of the molecule is C=CC(=C)NC1c2cc(N=C(C)N(C)Cc3ccc(F)cc3)ccc2C[C@H]1O. The number of nitrogens with zero attached hydrogens (tertiary/aromatic N) is 2. The van der Waals surface area contributed by atoms with Crippen molar-refractivity contribution in [3.8, 4) is 0 Å². The van der Waals surface area contributed by atoms with Gasteiger partial charge in [0.05, 0.1) is 17.8 Å². The van der Waals surface area contributed by atoms with Crippen LogP contribution in [-0.4, -0.2) is 29.0 Å². The molecule has 4 nitrogen and oxygen atoms in total. The first-order chi connectivity index (χ1) is 13.4. The molecule has 1 unspecified atom stereocenters. The van der Waals surface area contributed by atoms with Gasteiger partial charge in [-0.1, -0.05) is 31.4 Å². The van der Waals surface area contributed by atoms with Gasteiger partial charge in [0, 0.05) is 25.7 Å². The highest BCUT2D eigenvalue weighted by Gasteiger charge is 2.31. The molecule has 5 heteroatoms. The predicted octanol–water partition coefficient (Wildman–Crippen LogP) is 4.26. The molecular weight excluding hydrogens is 353 g/mol. The summed E-state index contributed by atoms with van der Waals surface area (Å²) in [4.78, 5) is 6.74. The van der Waals surface area contributed by atoms with Crippen molar-refractivity contribution in [2.45, 2.75) is 32.0 Å². The largest absolute Gasteiger partial charge is 0.390 e. The number of rotatable bonds is 6.